The molecule has 1 aromatic heterocycles. The SMILES string of the molecule is C=C1C(NC(=O)Nc2ccccc2Cl)=NC=CN1/C(=C\N)c1cnn(C)c1. The van der Waals surface area contributed by atoms with Crippen LogP contribution in [0.3, 0.4) is 0 Å². The molecule has 0 bridgehead atoms. The van der Waals surface area contributed by atoms with E-state index in [9.17, 15) is 4.79 Å². The molecule has 2 heterocycles. The van der Waals surface area contributed by atoms with Gasteiger partial charge in [-0.25, -0.2) is 9.79 Å². The summed E-state index contributed by atoms with van der Waals surface area (Å²) in [6, 6.07) is 6.45. The molecule has 0 atom stereocenters. The number of amides is 2. The quantitative estimate of drug-likeness (QED) is 0.758. The van der Waals surface area contributed by atoms with Gasteiger partial charge in [0, 0.05) is 37.4 Å². The van der Waals surface area contributed by atoms with Crippen LogP contribution in [0.5, 0.6) is 0 Å². The first-order chi connectivity index (χ1) is 13.0. The molecule has 0 unspecified atom stereocenters. The molecule has 3 rings (SSSR count). The van der Waals surface area contributed by atoms with Gasteiger partial charge in [-0.3, -0.25) is 10.00 Å². The monoisotopic (exact) mass is 383 g/mol. The van der Waals surface area contributed by atoms with Gasteiger partial charge < -0.3 is 16.0 Å². The van der Waals surface area contributed by atoms with Crippen molar-refractivity contribution in [2.24, 2.45) is 17.8 Å². The molecule has 0 aliphatic carbocycles. The number of aryl methyl sites for hydroxylation is 1. The van der Waals surface area contributed by atoms with Gasteiger partial charge in [0.15, 0.2) is 5.84 Å². The van der Waals surface area contributed by atoms with Crippen molar-refractivity contribution in [3.63, 3.8) is 0 Å². The van der Waals surface area contributed by atoms with Gasteiger partial charge >= 0.3 is 6.03 Å². The third-order valence-electron chi connectivity index (χ3n) is 3.76. The molecular formula is C18H18ClN7O. The Labute approximate surface area is 161 Å². The summed E-state index contributed by atoms with van der Waals surface area (Å²) >= 11 is 6.05. The molecule has 4 N–H and O–H groups in total. The van der Waals surface area contributed by atoms with Gasteiger partial charge in [0.05, 0.1) is 28.3 Å². The van der Waals surface area contributed by atoms with Gasteiger partial charge in [-0.1, -0.05) is 30.3 Å². The molecule has 0 radical (unpaired) electrons. The fraction of sp³-hybridized carbons (Fsp3) is 0.0556. The fourth-order valence-corrected chi connectivity index (χ4v) is 2.66. The third kappa shape index (κ3) is 4.01. The van der Waals surface area contributed by atoms with E-state index in [0.717, 1.165) is 5.56 Å². The van der Waals surface area contributed by atoms with E-state index in [1.54, 1.807) is 52.4 Å². The van der Waals surface area contributed by atoms with Crippen molar-refractivity contribution in [1.29, 1.82) is 0 Å². The number of nitrogens with zero attached hydrogens (tertiary/aromatic N) is 4. The highest BCUT2D eigenvalue weighted by atomic mass is 35.5. The second-order valence-electron chi connectivity index (χ2n) is 5.61. The lowest BCUT2D eigenvalue weighted by atomic mass is 10.2. The van der Waals surface area contributed by atoms with Gasteiger partial charge in [-0.2, -0.15) is 5.10 Å². The number of rotatable bonds is 3. The van der Waals surface area contributed by atoms with E-state index in [0.29, 0.717) is 22.1 Å². The third-order valence-corrected chi connectivity index (χ3v) is 4.09. The molecule has 0 saturated heterocycles. The Bertz CT molecular complexity index is 974. The molecule has 1 aromatic carbocycles. The molecule has 27 heavy (non-hydrogen) atoms. The van der Waals surface area contributed by atoms with Crippen LogP contribution in [0.4, 0.5) is 10.5 Å². The maximum Gasteiger partial charge on any atom is 0.324 e. The first-order valence-corrected chi connectivity index (χ1v) is 8.34. The lowest BCUT2D eigenvalue weighted by molar-refractivity contribution is 0.256. The number of aromatic nitrogens is 2. The van der Waals surface area contributed by atoms with Crippen LogP contribution >= 0.6 is 11.6 Å². The first kappa shape index (κ1) is 18.3. The molecule has 8 nitrogen and oxygen atoms in total. The van der Waals surface area contributed by atoms with E-state index >= 15 is 0 Å². The summed E-state index contributed by atoms with van der Waals surface area (Å²) in [6.07, 6.45) is 8.19. The van der Waals surface area contributed by atoms with Crippen molar-refractivity contribution in [3.05, 3.63) is 78.1 Å². The van der Waals surface area contributed by atoms with Crippen LogP contribution in [0.2, 0.25) is 5.02 Å². The summed E-state index contributed by atoms with van der Waals surface area (Å²) in [5.41, 5.74) is 8.20. The highest BCUT2D eigenvalue weighted by Gasteiger charge is 2.21. The molecule has 9 heteroatoms. The van der Waals surface area contributed by atoms with Gasteiger partial charge in [-0.05, 0) is 12.1 Å². The summed E-state index contributed by atoms with van der Waals surface area (Å²) in [6.45, 7) is 4.01. The zero-order valence-corrected chi connectivity index (χ0v) is 15.3. The van der Waals surface area contributed by atoms with E-state index in [4.69, 9.17) is 17.3 Å². The number of benzene rings is 1. The predicted octanol–water partition coefficient (Wildman–Crippen LogP) is 2.85. The average Bonchev–Trinajstić information content (AvgIpc) is 3.07. The van der Waals surface area contributed by atoms with Crippen molar-refractivity contribution in [2.45, 2.75) is 0 Å². The van der Waals surface area contributed by atoms with Gasteiger partial charge in [0.25, 0.3) is 0 Å². The lowest BCUT2D eigenvalue weighted by Gasteiger charge is -2.27. The van der Waals surface area contributed by atoms with Crippen molar-refractivity contribution >= 4 is 34.9 Å². The summed E-state index contributed by atoms with van der Waals surface area (Å²) in [5.74, 6) is 0.283. The van der Waals surface area contributed by atoms with Crippen LogP contribution in [0.1, 0.15) is 5.56 Å². The molecule has 0 fully saturated rings. The van der Waals surface area contributed by atoms with Crippen LogP contribution in [-0.2, 0) is 7.05 Å². The zero-order chi connectivity index (χ0) is 19.4. The molecule has 1 aliphatic heterocycles. The number of anilines is 1. The number of carbonyl (C=O) groups excluding carboxylic acids is 1. The molecule has 1 aliphatic rings. The fourth-order valence-electron chi connectivity index (χ4n) is 2.48. The van der Waals surface area contributed by atoms with Crippen LogP contribution < -0.4 is 16.4 Å². The Morgan fingerprint density at radius 3 is 2.78 bits per heavy atom. The van der Waals surface area contributed by atoms with Crippen LogP contribution in [0.15, 0.2) is 72.5 Å². The molecular weight excluding hydrogens is 366 g/mol. The molecule has 0 saturated carbocycles. The minimum Gasteiger partial charge on any atom is -0.403 e. The Morgan fingerprint density at radius 1 is 1.33 bits per heavy atom. The molecule has 0 spiro atoms. The molecule has 2 amide bonds. The number of nitrogens with one attached hydrogen (secondary N) is 2. The molecule has 2 aromatic rings. The maximum atomic E-state index is 12.3. The van der Waals surface area contributed by atoms with E-state index in [1.807, 2.05) is 13.2 Å². The first-order valence-electron chi connectivity index (χ1n) is 7.96. The number of halogens is 1. The number of nitrogens with two attached hydrogens (primary N) is 1. The summed E-state index contributed by atoms with van der Waals surface area (Å²) in [4.78, 5) is 18.2. The van der Waals surface area contributed by atoms with E-state index < -0.39 is 6.03 Å². The summed E-state index contributed by atoms with van der Waals surface area (Å²) in [5, 5.41) is 9.92. The van der Waals surface area contributed by atoms with Crippen molar-refractivity contribution < 1.29 is 4.79 Å². The van der Waals surface area contributed by atoms with Gasteiger partial charge in [0.1, 0.15) is 0 Å². The average molecular weight is 384 g/mol. The number of amidine groups is 1. The highest BCUT2D eigenvalue weighted by Crippen LogP contribution is 2.25. The number of aliphatic imine (C=N–C) groups is 1. The standard InChI is InChI=1S/C18H18ClN7O/c1-12-17(24-18(27)23-15-6-4-3-5-14(15)19)21-7-8-26(12)16(9-20)13-10-22-25(2)11-13/h3-11H,1,20H2,2H3,(H2,21,23,24,27)/b16-9-. The minimum absolute atomic E-state index is 0.283. The number of urea groups is 1. The minimum atomic E-state index is -0.488. The van der Waals surface area contributed by atoms with Gasteiger partial charge in [0.2, 0.25) is 0 Å². The van der Waals surface area contributed by atoms with E-state index in [1.165, 1.54) is 6.20 Å². The second kappa shape index (κ2) is 7.79. The second-order valence-corrected chi connectivity index (χ2v) is 6.01. The largest absolute Gasteiger partial charge is 0.403 e. The normalized spacial score (nSPS) is 14.1. The number of carbonyl (C=O) groups is 1. The summed E-state index contributed by atoms with van der Waals surface area (Å²) in [7, 11) is 1.81. The Balaban J connectivity index is 1.73. The number of hydrogen-bond donors (Lipinski definition) is 3. The van der Waals surface area contributed by atoms with E-state index in [2.05, 4.69) is 27.3 Å². The predicted molar refractivity (Wildman–Crippen MR) is 107 cm³/mol. The Kier molecular flexibility index (Phi) is 5.28. The molecule has 138 valence electrons. The Hall–Kier alpha value is -3.52. The lowest BCUT2D eigenvalue weighted by Crippen LogP contribution is -2.39. The van der Waals surface area contributed by atoms with Crippen LogP contribution in [0.25, 0.3) is 5.70 Å². The smallest absolute Gasteiger partial charge is 0.324 e. The van der Waals surface area contributed by atoms with Crippen LogP contribution in [-0.4, -0.2) is 26.5 Å². The maximum absolute atomic E-state index is 12.3. The number of hydrogen-bond acceptors (Lipinski definition) is 5. The summed E-state index contributed by atoms with van der Waals surface area (Å²) < 4.78 is 1.67. The van der Waals surface area contributed by atoms with Crippen molar-refractivity contribution in [1.82, 2.24) is 20.0 Å². The van der Waals surface area contributed by atoms with Crippen LogP contribution in [0, 0.1) is 0 Å². The van der Waals surface area contributed by atoms with Crippen molar-refractivity contribution in [3.8, 4) is 0 Å². The van der Waals surface area contributed by atoms with E-state index in [-0.39, 0.29) is 5.84 Å². The topological polar surface area (TPSA) is 101 Å². The highest BCUT2D eigenvalue weighted by molar-refractivity contribution is 6.33. The zero-order valence-electron chi connectivity index (χ0n) is 14.6. The number of para-hydroxylation sites is 1. The van der Waals surface area contributed by atoms with Crippen molar-refractivity contribution in [2.75, 3.05) is 5.32 Å². The Morgan fingerprint density at radius 2 is 2.11 bits per heavy atom. The van der Waals surface area contributed by atoms with Gasteiger partial charge in [-0.15, -0.1) is 0 Å².